The van der Waals surface area contributed by atoms with Crippen molar-refractivity contribution in [3.05, 3.63) is 81.0 Å². The molecule has 0 radical (unpaired) electrons. The standard InChI is InChI=1S/C17H14N4O3/c1-20-14(6-3-7-15(20)22)11-4-2-5-12(10-11)21-16(23)9-8-13(19-21)17(18)24/h2-10H,1H3,(H2,18,24). The summed E-state index contributed by atoms with van der Waals surface area (Å²) in [6, 6.07) is 14.4. The number of hydrogen-bond donors (Lipinski definition) is 1. The van der Waals surface area contributed by atoms with Gasteiger partial charge in [-0.3, -0.25) is 14.4 Å². The molecule has 0 atom stereocenters. The highest BCUT2D eigenvalue weighted by atomic mass is 16.1. The van der Waals surface area contributed by atoms with E-state index in [0.717, 1.165) is 10.2 Å². The number of aromatic nitrogens is 3. The summed E-state index contributed by atoms with van der Waals surface area (Å²) in [5, 5.41) is 3.98. The van der Waals surface area contributed by atoms with Crippen LogP contribution in [0.5, 0.6) is 0 Å². The van der Waals surface area contributed by atoms with Crippen molar-refractivity contribution in [2.24, 2.45) is 12.8 Å². The van der Waals surface area contributed by atoms with Crippen molar-refractivity contribution in [2.45, 2.75) is 0 Å². The number of nitrogens with two attached hydrogens (primary N) is 1. The number of benzene rings is 1. The molecule has 0 saturated carbocycles. The molecule has 2 aromatic heterocycles. The summed E-state index contributed by atoms with van der Waals surface area (Å²) >= 11 is 0. The van der Waals surface area contributed by atoms with Crippen LogP contribution >= 0.6 is 0 Å². The molecule has 0 unspecified atom stereocenters. The zero-order valence-corrected chi connectivity index (χ0v) is 12.8. The fourth-order valence-electron chi connectivity index (χ4n) is 2.38. The largest absolute Gasteiger partial charge is 0.364 e. The third-order valence-electron chi connectivity index (χ3n) is 3.62. The van der Waals surface area contributed by atoms with E-state index in [0.29, 0.717) is 11.4 Å². The first-order valence-electron chi connectivity index (χ1n) is 7.14. The number of nitrogens with zero attached hydrogens (tertiary/aromatic N) is 3. The topological polar surface area (TPSA) is 100.0 Å². The monoisotopic (exact) mass is 322 g/mol. The number of pyridine rings is 1. The third kappa shape index (κ3) is 2.74. The van der Waals surface area contributed by atoms with Crippen LogP contribution in [-0.4, -0.2) is 20.3 Å². The highest BCUT2D eigenvalue weighted by Gasteiger charge is 2.09. The molecule has 0 bridgehead atoms. The molecule has 1 aromatic carbocycles. The first-order valence-corrected chi connectivity index (χ1v) is 7.14. The summed E-state index contributed by atoms with van der Waals surface area (Å²) < 4.78 is 2.61. The zero-order valence-electron chi connectivity index (χ0n) is 12.8. The molecule has 7 heteroatoms. The van der Waals surface area contributed by atoms with Crippen LogP contribution in [0.3, 0.4) is 0 Å². The lowest BCUT2D eigenvalue weighted by Gasteiger charge is -2.10. The van der Waals surface area contributed by atoms with Crippen LogP contribution in [-0.2, 0) is 7.05 Å². The number of rotatable bonds is 3. The average Bonchev–Trinajstić information content (AvgIpc) is 2.57. The van der Waals surface area contributed by atoms with Gasteiger partial charge in [0.1, 0.15) is 5.69 Å². The van der Waals surface area contributed by atoms with Crippen LogP contribution < -0.4 is 16.9 Å². The molecule has 1 amide bonds. The zero-order chi connectivity index (χ0) is 17.3. The minimum Gasteiger partial charge on any atom is -0.364 e. The fraction of sp³-hybridized carbons (Fsp3) is 0.0588. The van der Waals surface area contributed by atoms with E-state index in [1.807, 2.05) is 6.07 Å². The van der Waals surface area contributed by atoms with Gasteiger partial charge in [-0.1, -0.05) is 18.2 Å². The maximum absolute atomic E-state index is 12.1. The van der Waals surface area contributed by atoms with Crippen LogP contribution in [0, 0.1) is 0 Å². The van der Waals surface area contributed by atoms with Gasteiger partial charge in [0, 0.05) is 24.7 Å². The number of primary amides is 1. The number of amides is 1. The first kappa shape index (κ1) is 15.4. The highest BCUT2D eigenvalue weighted by molar-refractivity contribution is 5.90. The van der Waals surface area contributed by atoms with Crippen molar-refractivity contribution < 1.29 is 4.79 Å². The maximum Gasteiger partial charge on any atom is 0.271 e. The lowest BCUT2D eigenvalue weighted by atomic mass is 10.1. The van der Waals surface area contributed by atoms with Gasteiger partial charge in [-0.15, -0.1) is 0 Å². The molecule has 7 nitrogen and oxygen atoms in total. The van der Waals surface area contributed by atoms with Gasteiger partial charge in [-0.05, 0) is 24.3 Å². The molecule has 24 heavy (non-hydrogen) atoms. The Balaban J connectivity index is 2.17. The van der Waals surface area contributed by atoms with Crippen LogP contribution in [0.15, 0.2) is 64.2 Å². The summed E-state index contributed by atoms with van der Waals surface area (Å²) in [7, 11) is 1.67. The molecule has 0 spiro atoms. The maximum atomic E-state index is 12.1. The van der Waals surface area contributed by atoms with Gasteiger partial charge in [-0.2, -0.15) is 9.78 Å². The molecule has 2 N–H and O–H groups in total. The van der Waals surface area contributed by atoms with E-state index in [-0.39, 0.29) is 16.8 Å². The molecular formula is C17H14N4O3. The predicted octanol–water partition coefficient (Wildman–Crippen LogP) is 0.697. The van der Waals surface area contributed by atoms with Crippen molar-refractivity contribution >= 4 is 5.91 Å². The Morgan fingerprint density at radius 1 is 1.00 bits per heavy atom. The van der Waals surface area contributed by atoms with E-state index < -0.39 is 5.91 Å². The predicted molar refractivity (Wildman–Crippen MR) is 89.0 cm³/mol. The molecule has 0 fully saturated rings. The fourth-order valence-corrected chi connectivity index (χ4v) is 2.38. The minimum absolute atomic E-state index is 0.00730. The van der Waals surface area contributed by atoms with E-state index in [2.05, 4.69) is 5.10 Å². The molecule has 0 aliphatic rings. The molecule has 120 valence electrons. The van der Waals surface area contributed by atoms with E-state index in [4.69, 9.17) is 5.73 Å². The van der Waals surface area contributed by atoms with Crippen molar-refractivity contribution in [1.29, 1.82) is 0 Å². The van der Waals surface area contributed by atoms with E-state index in [9.17, 15) is 14.4 Å². The molecule has 0 aliphatic heterocycles. The second-order valence-electron chi connectivity index (χ2n) is 5.19. The number of carbonyl (C=O) groups is 1. The van der Waals surface area contributed by atoms with Gasteiger partial charge in [-0.25, -0.2) is 0 Å². The SMILES string of the molecule is Cn1c(-c2cccc(-n3nc(C(N)=O)ccc3=O)c2)cccc1=O. The Labute approximate surface area is 136 Å². The van der Waals surface area contributed by atoms with Gasteiger partial charge in [0.15, 0.2) is 0 Å². The number of carbonyl (C=O) groups excluding carboxylic acids is 1. The van der Waals surface area contributed by atoms with Crippen LogP contribution in [0.25, 0.3) is 16.9 Å². The third-order valence-corrected chi connectivity index (χ3v) is 3.62. The van der Waals surface area contributed by atoms with Gasteiger partial charge >= 0.3 is 0 Å². The second kappa shape index (κ2) is 5.96. The molecular weight excluding hydrogens is 308 g/mol. The van der Waals surface area contributed by atoms with Crippen LogP contribution in [0.2, 0.25) is 0 Å². The summed E-state index contributed by atoms with van der Waals surface area (Å²) in [6.45, 7) is 0. The average molecular weight is 322 g/mol. The van der Waals surface area contributed by atoms with Crippen molar-refractivity contribution in [1.82, 2.24) is 14.3 Å². The van der Waals surface area contributed by atoms with Crippen LogP contribution in [0.1, 0.15) is 10.5 Å². The van der Waals surface area contributed by atoms with Gasteiger partial charge in [0.05, 0.1) is 11.4 Å². The lowest BCUT2D eigenvalue weighted by Crippen LogP contribution is -2.25. The quantitative estimate of drug-likeness (QED) is 0.767. The van der Waals surface area contributed by atoms with E-state index >= 15 is 0 Å². The van der Waals surface area contributed by atoms with Crippen molar-refractivity contribution in [2.75, 3.05) is 0 Å². The van der Waals surface area contributed by atoms with Crippen LogP contribution in [0.4, 0.5) is 0 Å². The summed E-state index contributed by atoms with van der Waals surface area (Å²) in [6.07, 6.45) is 0. The first-order chi connectivity index (χ1) is 11.5. The smallest absolute Gasteiger partial charge is 0.271 e. The summed E-state index contributed by atoms with van der Waals surface area (Å²) in [4.78, 5) is 35.1. The molecule has 0 aliphatic carbocycles. The normalized spacial score (nSPS) is 10.5. The summed E-state index contributed by atoms with van der Waals surface area (Å²) in [5.74, 6) is -0.717. The Kier molecular flexibility index (Phi) is 3.83. The molecule has 2 heterocycles. The molecule has 3 rings (SSSR count). The Morgan fingerprint density at radius 3 is 2.50 bits per heavy atom. The summed E-state index contributed by atoms with van der Waals surface area (Å²) in [5.41, 5.74) is 6.59. The van der Waals surface area contributed by atoms with Gasteiger partial charge in [0.2, 0.25) is 0 Å². The van der Waals surface area contributed by atoms with Gasteiger partial charge < -0.3 is 10.3 Å². The molecule has 3 aromatic rings. The Bertz CT molecular complexity index is 1050. The lowest BCUT2D eigenvalue weighted by molar-refractivity contribution is 0.0994. The van der Waals surface area contributed by atoms with E-state index in [1.165, 1.54) is 22.8 Å². The Hall–Kier alpha value is -3.48. The highest BCUT2D eigenvalue weighted by Crippen LogP contribution is 2.19. The van der Waals surface area contributed by atoms with Crippen molar-refractivity contribution in [3.8, 4) is 16.9 Å². The van der Waals surface area contributed by atoms with Crippen molar-refractivity contribution in [3.63, 3.8) is 0 Å². The van der Waals surface area contributed by atoms with E-state index in [1.54, 1.807) is 37.4 Å². The number of hydrogen-bond acceptors (Lipinski definition) is 4. The minimum atomic E-state index is -0.717. The van der Waals surface area contributed by atoms with Gasteiger partial charge in [0.25, 0.3) is 17.0 Å². The molecule has 0 saturated heterocycles. The Morgan fingerprint density at radius 2 is 1.75 bits per heavy atom. The second-order valence-corrected chi connectivity index (χ2v) is 5.19.